The van der Waals surface area contributed by atoms with Gasteiger partial charge in [-0.25, -0.2) is 4.79 Å². The second-order valence-corrected chi connectivity index (χ2v) is 8.46. The van der Waals surface area contributed by atoms with Crippen molar-refractivity contribution in [3.8, 4) is 5.75 Å². The summed E-state index contributed by atoms with van der Waals surface area (Å²) in [5, 5.41) is 0.634. The average molecular weight is 449 g/mol. The third kappa shape index (κ3) is 7.68. The highest BCUT2D eigenvalue weighted by molar-refractivity contribution is 6.31. The van der Waals surface area contributed by atoms with Gasteiger partial charge in [-0.1, -0.05) is 17.7 Å². The van der Waals surface area contributed by atoms with Gasteiger partial charge in [0.15, 0.2) is 0 Å². The van der Waals surface area contributed by atoms with Gasteiger partial charge in [-0.2, -0.15) is 0 Å². The number of nitrogen functional groups attached to an aromatic ring is 1. The molecule has 0 saturated heterocycles. The second-order valence-electron chi connectivity index (χ2n) is 8.05. The molecular weight excluding hydrogens is 420 g/mol. The fourth-order valence-corrected chi connectivity index (χ4v) is 3.14. The maximum atomic E-state index is 12.3. The van der Waals surface area contributed by atoms with Crippen LogP contribution in [0.3, 0.4) is 0 Å². The first-order valence-electron chi connectivity index (χ1n) is 9.86. The first kappa shape index (κ1) is 24.3. The van der Waals surface area contributed by atoms with Gasteiger partial charge in [0, 0.05) is 29.4 Å². The van der Waals surface area contributed by atoms with E-state index in [0.29, 0.717) is 36.9 Å². The van der Waals surface area contributed by atoms with Crippen LogP contribution in [-0.2, 0) is 33.8 Å². The molecule has 2 N–H and O–H groups in total. The molecule has 0 radical (unpaired) electrons. The predicted octanol–water partition coefficient (Wildman–Crippen LogP) is 4.58. The van der Waals surface area contributed by atoms with E-state index in [2.05, 4.69) is 4.74 Å². The van der Waals surface area contributed by atoms with Crippen molar-refractivity contribution in [2.75, 3.05) is 19.4 Å². The van der Waals surface area contributed by atoms with Crippen molar-refractivity contribution >= 4 is 29.9 Å². The van der Waals surface area contributed by atoms with Crippen molar-refractivity contribution in [1.82, 2.24) is 4.90 Å². The van der Waals surface area contributed by atoms with Crippen molar-refractivity contribution in [3.63, 3.8) is 0 Å². The number of ether oxygens (including phenoxy) is 3. The van der Waals surface area contributed by atoms with Gasteiger partial charge >= 0.3 is 6.09 Å². The summed E-state index contributed by atoms with van der Waals surface area (Å²) in [4.78, 5) is 23.0. The summed E-state index contributed by atoms with van der Waals surface area (Å²) in [6.45, 7) is 7.53. The zero-order valence-corrected chi connectivity index (χ0v) is 19.1. The minimum atomic E-state index is -0.489. The van der Waals surface area contributed by atoms with Gasteiger partial charge in [0.1, 0.15) is 18.0 Å². The highest BCUT2D eigenvalue weighted by Crippen LogP contribution is 2.27. The van der Waals surface area contributed by atoms with E-state index in [-0.39, 0.29) is 6.09 Å². The number of halogens is 1. The van der Waals surface area contributed by atoms with E-state index in [0.717, 1.165) is 23.3 Å². The molecule has 1 aliphatic rings. The molecule has 0 unspecified atom stereocenters. The zero-order chi connectivity index (χ0) is 23.0. The standard InChI is InChI=1S/C21H25ClN2O3.C2H4O2/c1-21(2,3)27-20(25)24-9-8-14-11-18(6-4-15(14)12-24)26-13-16-10-17(23)5-7-19(16)22;1-4-2-3/h4-7,10-11H,8-9,12-13,23H2,1-3H3;2H,1H3. The molecule has 3 rings (SSSR count). The van der Waals surface area contributed by atoms with Gasteiger partial charge in [-0.3, -0.25) is 4.79 Å². The van der Waals surface area contributed by atoms with E-state index in [9.17, 15) is 4.79 Å². The number of carbonyl (C=O) groups excluding carboxylic acids is 2. The smallest absolute Gasteiger partial charge is 0.410 e. The van der Waals surface area contributed by atoms with Crippen molar-refractivity contribution in [2.24, 2.45) is 0 Å². The third-order valence-electron chi connectivity index (χ3n) is 4.40. The van der Waals surface area contributed by atoms with E-state index in [1.54, 1.807) is 17.0 Å². The van der Waals surface area contributed by atoms with Gasteiger partial charge < -0.3 is 24.8 Å². The summed E-state index contributed by atoms with van der Waals surface area (Å²) in [7, 11) is 1.31. The van der Waals surface area contributed by atoms with Gasteiger partial charge in [-0.05, 0) is 68.7 Å². The van der Waals surface area contributed by atoms with Crippen LogP contribution in [0.5, 0.6) is 5.75 Å². The largest absolute Gasteiger partial charge is 0.489 e. The topological polar surface area (TPSA) is 91.1 Å². The van der Waals surface area contributed by atoms with Crippen molar-refractivity contribution in [1.29, 1.82) is 0 Å². The summed E-state index contributed by atoms with van der Waals surface area (Å²) in [6.07, 6.45) is 0.495. The molecule has 0 aliphatic carbocycles. The van der Waals surface area contributed by atoms with Crippen LogP contribution in [0, 0.1) is 0 Å². The molecule has 0 spiro atoms. The Bertz CT molecular complexity index is 911. The first-order valence-corrected chi connectivity index (χ1v) is 10.2. The molecule has 31 heavy (non-hydrogen) atoms. The number of hydrogen-bond donors (Lipinski definition) is 1. The number of amides is 1. The summed E-state index contributed by atoms with van der Waals surface area (Å²) >= 11 is 6.18. The van der Waals surface area contributed by atoms with Crippen LogP contribution in [0.2, 0.25) is 5.02 Å². The summed E-state index contributed by atoms with van der Waals surface area (Å²) in [6, 6.07) is 11.3. The van der Waals surface area contributed by atoms with E-state index in [1.807, 2.05) is 45.0 Å². The highest BCUT2D eigenvalue weighted by Gasteiger charge is 2.25. The third-order valence-corrected chi connectivity index (χ3v) is 4.77. The van der Waals surface area contributed by atoms with E-state index in [4.69, 9.17) is 31.6 Å². The molecule has 8 heteroatoms. The van der Waals surface area contributed by atoms with Crippen LogP contribution < -0.4 is 10.5 Å². The van der Waals surface area contributed by atoms with Crippen LogP contribution >= 0.6 is 11.6 Å². The summed E-state index contributed by atoms with van der Waals surface area (Å²) in [5.41, 5.74) is 9.13. The maximum Gasteiger partial charge on any atom is 0.410 e. The van der Waals surface area contributed by atoms with Crippen molar-refractivity contribution < 1.29 is 23.8 Å². The number of nitrogens with two attached hydrogens (primary N) is 1. The average Bonchev–Trinajstić information content (AvgIpc) is 2.72. The highest BCUT2D eigenvalue weighted by atomic mass is 35.5. The number of benzene rings is 2. The Morgan fingerprint density at radius 3 is 2.55 bits per heavy atom. The molecule has 0 bridgehead atoms. The molecule has 7 nitrogen and oxygen atoms in total. The number of rotatable bonds is 4. The Hall–Kier alpha value is -2.93. The van der Waals surface area contributed by atoms with E-state index >= 15 is 0 Å². The molecule has 1 aliphatic heterocycles. The van der Waals surface area contributed by atoms with Crippen LogP contribution in [0.4, 0.5) is 10.5 Å². The second kappa shape index (κ2) is 10.9. The number of carbonyl (C=O) groups is 2. The monoisotopic (exact) mass is 448 g/mol. The normalized spacial score (nSPS) is 12.7. The Labute approximate surface area is 188 Å². The minimum absolute atomic E-state index is 0.273. The van der Waals surface area contributed by atoms with Crippen LogP contribution in [-0.4, -0.2) is 36.7 Å². The first-order chi connectivity index (χ1) is 14.6. The summed E-state index contributed by atoms with van der Waals surface area (Å²) in [5.74, 6) is 0.776. The zero-order valence-electron chi connectivity index (χ0n) is 18.3. The number of hydrogen-bond acceptors (Lipinski definition) is 6. The van der Waals surface area contributed by atoms with Gasteiger partial charge in [0.2, 0.25) is 0 Å². The van der Waals surface area contributed by atoms with Crippen molar-refractivity contribution in [3.05, 3.63) is 58.1 Å². The molecule has 0 atom stereocenters. The number of methoxy groups -OCH3 is 1. The van der Waals surface area contributed by atoms with Gasteiger partial charge in [-0.15, -0.1) is 0 Å². The molecule has 0 saturated carbocycles. The Kier molecular flexibility index (Phi) is 8.56. The maximum absolute atomic E-state index is 12.3. The quantitative estimate of drug-likeness (QED) is 0.543. The lowest BCUT2D eigenvalue weighted by molar-refractivity contribution is -0.126. The lowest BCUT2D eigenvalue weighted by Gasteiger charge is -2.31. The predicted molar refractivity (Wildman–Crippen MR) is 120 cm³/mol. The number of fused-ring (bicyclic) bond motifs is 1. The number of nitrogens with zero attached hydrogens (tertiary/aromatic N) is 1. The summed E-state index contributed by atoms with van der Waals surface area (Å²) < 4.78 is 15.2. The minimum Gasteiger partial charge on any atom is -0.489 e. The Balaban J connectivity index is 0.000000785. The molecule has 1 amide bonds. The van der Waals surface area contributed by atoms with E-state index in [1.165, 1.54) is 12.7 Å². The Morgan fingerprint density at radius 2 is 1.90 bits per heavy atom. The molecule has 1 heterocycles. The van der Waals surface area contributed by atoms with Crippen LogP contribution in [0.15, 0.2) is 36.4 Å². The molecule has 0 fully saturated rings. The van der Waals surface area contributed by atoms with Gasteiger partial charge in [0.05, 0.1) is 7.11 Å². The molecule has 2 aromatic carbocycles. The SMILES string of the molecule is CC(C)(C)OC(=O)N1CCc2cc(OCc3cc(N)ccc3Cl)ccc2C1.COC=O. The number of anilines is 1. The molecule has 0 aromatic heterocycles. The fourth-order valence-electron chi connectivity index (χ4n) is 2.97. The van der Waals surface area contributed by atoms with Crippen LogP contribution in [0.1, 0.15) is 37.5 Å². The lowest BCUT2D eigenvalue weighted by atomic mass is 10.00. The molecule has 168 valence electrons. The lowest BCUT2D eigenvalue weighted by Crippen LogP contribution is -2.39. The Morgan fingerprint density at radius 1 is 1.19 bits per heavy atom. The fraction of sp³-hybridized carbons (Fsp3) is 0.391. The van der Waals surface area contributed by atoms with Gasteiger partial charge in [0.25, 0.3) is 6.47 Å². The molecular formula is C23H29ClN2O5. The van der Waals surface area contributed by atoms with E-state index < -0.39 is 5.60 Å². The van der Waals surface area contributed by atoms with Crippen molar-refractivity contribution in [2.45, 2.75) is 45.9 Å². The van der Waals surface area contributed by atoms with Crippen LogP contribution in [0.25, 0.3) is 0 Å². The molecule has 2 aromatic rings.